The highest BCUT2D eigenvalue weighted by Crippen LogP contribution is 2.28. The molecule has 2 fully saturated rings. The second kappa shape index (κ2) is 11.0. The SMILES string of the molecule is Cc1cc(CNC2CCN(C(=O)C3CCCCC3)CC2)cc(C)c1OCc1ccccn1. The molecule has 2 aromatic rings. The fourth-order valence-corrected chi connectivity index (χ4v) is 5.17. The molecule has 5 nitrogen and oxygen atoms in total. The van der Waals surface area contributed by atoms with Crippen molar-refractivity contribution in [1.82, 2.24) is 15.2 Å². The number of ether oxygens (including phenoxy) is 1. The molecular weight excluding hydrogens is 398 g/mol. The van der Waals surface area contributed by atoms with Crippen molar-refractivity contribution < 1.29 is 9.53 Å². The molecule has 0 radical (unpaired) electrons. The van der Waals surface area contributed by atoms with Crippen LogP contribution in [0.3, 0.4) is 0 Å². The Morgan fingerprint density at radius 1 is 1.06 bits per heavy atom. The Balaban J connectivity index is 1.25. The van der Waals surface area contributed by atoms with Gasteiger partial charge in [0.1, 0.15) is 12.4 Å². The molecule has 1 saturated carbocycles. The van der Waals surface area contributed by atoms with E-state index >= 15 is 0 Å². The van der Waals surface area contributed by atoms with Crippen LogP contribution in [0.2, 0.25) is 0 Å². The smallest absolute Gasteiger partial charge is 0.225 e. The first kappa shape index (κ1) is 22.8. The maximum absolute atomic E-state index is 12.8. The number of aromatic nitrogens is 1. The molecule has 1 aliphatic heterocycles. The first-order chi connectivity index (χ1) is 15.6. The summed E-state index contributed by atoms with van der Waals surface area (Å²) in [5.74, 6) is 1.65. The standard InChI is InChI=1S/C27H37N3O2/c1-20-16-22(17-21(2)26(20)32-19-25-10-6-7-13-28-25)18-29-24-11-14-30(15-12-24)27(31)23-8-4-3-5-9-23/h6-7,10,13,16-17,23-24,29H,3-5,8-9,11-12,14-15,18-19H2,1-2H3. The molecule has 0 bridgehead atoms. The fourth-order valence-electron chi connectivity index (χ4n) is 5.17. The third-order valence-corrected chi connectivity index (χ3v) is 6.97. The fraction of sp³-hybridized carbons (Fsp3) is 0.556. The molecule has 5 heteroatoms. The van der Waals surface area contributed by atoms with Gasteiger partial charge in [0.25, 0.3) is 0 Å². The lowest BCUT2D eigenvalue weighted by Gasteiger charge is -2.35. The summed E-state index contributed by atoms with van der Waals surface area (Å²) >= 11 is 0. The van der Waals surface area contributed by atoms with Gasteiger partial charge in [-0.3, -0.25) is 9.78 Å². The number of hydrogen-bond acceptors (Lipinski definition) is 4. The van der Waals surface area contributed by atoms with Crippen LogP contribution in [0.15, 0.2) is 36.5 Å². The topological polar surface area (TPSA) is 54.5 Å². The van der Waals surface area contributed by atoms with E-state index in [2.05, 4.69) is 41.2 Å². The van der Waals surface area contributed by atoms with Crippen LogP contribution in [0.5, 0.6) is 5.75 Å². The van der Waals surface area contributed by atoms with Crippen LogP contribution >= 0.6 is 0 Å². The molecule has 1 aromatic carbocycles. The van der Waals surface area contributed by atoms with Crippen molar-refractivity contribution in [3.05, 3.63) is 58.9 Å². The Morgan fingerprint density at radius 2 is 1.78 bits per heavy atom. The highest BCUT2D eigenvalue weighted by molar-refractivity contribution is 5.79. The highest BCUT2D eigenvalue weighted by atomic mass is 16.5. The maximum atomic E-state index is 12.8. The number of likely N-dealkylation sites (tertiary alicyclic amines) is 1. The van der Waals surface area contributed by atoms with E-state index in [4.69, 9.17) is 4.74 Å². The molecule has 0 atom stereocenters. The summed E-state index contributed by atoms with van der Waals surface area (Å²) in [6, 6.07) is 10.8. The minimum atomic E-state index is 0.289. The number of piperidine rings is 1. The number of amides is 1. The van der Waals surface area contributed by atoms with Crippen molar-refractivity contribution in [3.63, 3.8) is 0 Å². The molecule has 1 aromatic heterocycles. The third kappa shape index (κ3) is 5.89. The van der Waals surface area contributed by atoms with Crippen LogP contribution in [-0.2, 0) is 17.9 Å². The Hall–Kier alpha value is -2.40. The Kier molecular flexibility index (Phi) is 7.80. The lowest BCUT2D eigenvalue weighted by molar-refractivity contribution is -0.137. The van der Waals surface area contributed by atoms with Crippen molar-refractivity contribution in [1.29, 1.82) is 0 Å². The minimum absolute atomic E-state index is 0.289. The van der Waals surface area contributed by atoms with Gasteiger partial charge in [0.2, 0.25) is 5.91 Å². The number of carbonyl (C=O) groups excluding carboxylic acids is 1. The van der Waals surface area contributed by atoms with Gasteiger partial charge < -0.3 is 15.0 Å². The van der Waals surface area contributed by atoms with Gasteiger partial charge in [-0.25, -0.2) is 0 Å². The van der Waals surface area contributed by atoms with Gasteiger partial charge in [-0.2, -0.15) is 0 Å². The number of rotatable bonds is 7. The molecule has 1 N–H and O–H groups in total. The summed E-state index contributed by atoms with van der Waals surface area (Å²) in [5.41, 5.74) is 4.53. The van der Waals surface area contributed by atoms with Gasteiger partial charge in [0.15, 0.2) is 0 Å². The number of carbonyl (C=O) groups is 1. The van der Waals surface area contributed by atoms with Gasteiger partial charge in [-0.15, -0.1) is 0 Å². The molecule has 2 aliphatic rings. The van der Waals surface area contributed by atoms with E-state index in [-0.39, 0.29) is 5.92 Å². The van der Waals surface area contributed by atoms with E-state index in [0.717, 1.165) is 67.9 Å². The van der Waals surface area contributed by atoms with Gasteiger partial charge in [0, 0.05) is 37.8 Å². The molecule has 1 saturated heterocycles. The van der Waals surface area contributed by atoms with Crippen LogP contribution in [0.25, 0.3) is 0 Å². The van der Waals surface area contributed by atoms with Gasteiger partial charge in [-0.1, -0.05) is 37.5 Å². The summed E-state index contributed by atoms with van der Waals surface area (Å²) in [6.07, 6.45) is 9.81. The average Bonchev–Trinajstić information content (AvgIpc) is 2.83. The number of benzene rings is 1. The van der Waals surface area contributed by atoms with Crippen molar-refractivity contribution >= 4 is 5.91 Å². The monoisotopic (exact) mass is 435 g/mol. The van der Waals surface area contributed by atoms with E-state index in [9.17, 15) is 4.79 Å². The van der Waals surface area contributed by atoms with E-state index < -0.39 is 0 Å². The lowest BCUT2D eigenvalue weighted by Crippen LogP contribution is -2.46. The van der Waals surface area contributed by atoms with Crippen molar-refractivity contribution in [2.45, 2.75) is 78.0 Å². The zero-order chi connectivity index (χ0) is 22.3. The maximum Gasteiger partial charge on any atom is 0.225 e. The van der Waals surface area contributed by atoms with Gasteiger partial charge >= 0.3 is 0 Å². The van der Waals surface area contributed by atoms with Crippen LogP contribution in [0.1, 0.15) is 67.3 Å². The molecule has 0 spiro atoms. The van der Waals surface area contributed by atoms with Crippen molar-refractivity contribution in [2.75, 3.05) is 13.1 Å². The lowest BCUT2D eigenvalue weighted by atomic mass is 9.87. The largest absolute Gasteiger partial charge is 0.487 e. The van der Waals surface area contributed by atoms with Crippen molar-refractivity contribution in [3.8, 4) is 5.75 Å². The normalized spacial score (nSPS) is 18.0. The van der Waals surface area contributed by atoms with Gasteiger partial charge in [-0.05, 0) is 68.4 Å². The molecular formula is C27H37N3O2. The molecule has 32 heavy (non-hydrogen) atoms. The predicted octanol–water partition coefficient (Wildman–Crippen LogP) is 4.94. The zero-order valence-electron chi connectivity index (χ0n) is 19.6. The third-order valence-electron chi connectivity index (χ3n) is 6.97. The molecule has 172 valence electrons. The van der Waals surface area contributed by atoms with E-state index in [1.807, 2.05) is 18.2 Å². The summed E-state index contributed by atoms with van der Waals surface area (Å²) < 4.78 is 6.07. The minimum Gasteiger partial charge on any atom is -0.487 e. The first-order valence-electron chi connectivity index (χ1n) is 12.2. The van der Waals surface area contributed by atoms with Crippen LogP contribution < -0.4 is 10.1 Å². The molecule has 0 unspecified atom stereocenters. The molecule has 1 aliphatic carbocycles. The number of aryl methyl sites for hydroxylation is 2. The van der Waals surface area contributed by atoms with Gasteiger partial charge in [0.05, 0.1) is 5.69 Å². The zero-order valence-corrected chi connectivity index (χ0v) is 19.6. The number of pyridine rings is 1. The summed E-state index contributed by atoms with van der Waals surface area (Å²) in [6.45, 7) is 7.34. The van der Waals surface area contributed by atoms with Crippen molar-refractivity contribution in [2.24, 2.45) is 5.92 Å². The number of nitrogens with one attached hydrogen (secondary N) is 1. The number of hydrogen-bond donors (Lipinski definition) is 1. The predicted molar refractivity (Wildman–Crippen MR) is 128 cm³/mol. The Morgan fingerprint density at radius 3 is 2.44 bits per heavy atom. The Bertz CT molecular complexity index is 862. The second-order valence-corrected chi connectivity index (χ2v) is 9.48. The summed E-state index contributed by atoms with van der Waals surface area (Å²) in [7, 11) is 0. The average molecular weight is 436 g/mol. The highest BCUT2D eigenvalue weighted by Gasteiger charge is 2.28. The quantitative estimate of drug-likeness (QED) is 0.669. The molecule has 1 amide bonds. The van der Waals surface area contributed by atoms with Crippen LogP contribution in [0.4, 0.5) is 0 Å². The molecule has 2 heterocycles. The van der Waals surface area contributed by atoms with Crippen LogP contribution in [-0.4, -0.2) is 34.9 Å². The first-order valence-corrected chi connectivity index (χ1v) is 12.2. The molecule has 4 rings (SSSR count). The van der Waals surface area contributed by atoms with E-state index in [1.54, 1.807) is 6.20 Å². The second-order valence-electron chi connectivity index (χ2n) is 9.48. The van der Waals surface area contributed by atoms with E-state index in [1.165, 1.54) is 24.8 Å². The van der Waals surface area contributed by atoms with Crippen LogP contribution in [0, 0.1) is 19.8 Å². The summed E-state index contributed by atoms with van der Waals surface area (Å²) in [5, 5.41) is 3.72. The Labute approximate surface area is 192 Å². The van der Waals surface area contributed by atoms with E-state index in [0.29, 0.717) is 18.6 Å². The number of nitrogens with zero attached hydrogens (tertiary/aromatic N) is 2. The summed E-state index contributed by atoms with van der Waals surface area (Å²) in [4.78, 5) is 19.2.